The topological polar surface area (TPSA) is 57.5 Å². The predicted octanol–water partition coefficient (Wildman–Crippen LogP) is -0.696. The summed E-state index contributed by atoms with van der Waals surface area (Å²) in [5.41, 5.74) is 0. The maximum Gasteiger partial charge on any atom is 0.503 e. The Labute approximate surface area is 66.4 Å². The summed E-state index contributed by atoms with van der Waals surface area (Å²) in [4.78, 5) is 8.56. The van der Waals surface area contributed by atoms with Crippen LogP contribution < -0.4 is 0 Å². The molecule has 0 atom stereocenters. The second-order valence-electron chi connectivity index (χ2n) is 0.283. The van der Waals surface area contributed by atoms with Crippen LogP contribution in [0, 0.1) is 0 Å². The van der Waals surface area contributed by atoms with Crippen molar-refractivity contribution in [2.75, 3.05) is 0 Å². The van der Waals surface area contributed by atoms with E-state index in [4.69, 9.17) is 15.0 Å². The van der Waals surface area contributed by atoms with Crippen molar-refractivity contribution in [1.29, 1.82) is 0 Å². The van der Waals surface area contributed by atoms with E-state index in [1.807, 2.05) is 0 Å². The predicted molar refractivity (Wildman–Crippen MR) is 19.2 cm³/mol. The van der Waals surface area contributed by atoms with Crippen LogP contribution in [0.5, 0.6) is 0 Å². The van der Waals surface area contributed by atoms with Gasteiger partial charge in [0.15, 0.2) is 0 Å². The summed E-state index contributed by atoms with van der Waals surface area (Å²) < 4.78 is 0. The Morgan fingerprint density at radius 2 is 1.33 bits per heavy atom. The molecular weight excluding hydrogens is 281 g/mol. The van der Waals surface area contributed by atoms with Crippen molar-refractivity contribution in [3.05, 3.63) is 0 Å². The van der Waals surface area contributed by atoms with Gasteiger partial charge in [0.25, 0.3) is 0 Å². The Bertz CT molecular complexity index is 33.8. The average Bonchev–Trinajstić information content (AvgIpc) is 0.811. The van der Waals surface area contributed by atoms with Crippen molar-refractivity contribution in [1.82, 2.24) is 0 Å². The molecule has 0 aliphatic carbocycles. The summed E-state index contributed by atoms with van der Waals surface area (Å²) in [6.45, 7) is 0. The van der Waals surface area contributed by atoms with Gasteiger partial charge in [-0.2, -0.15) is 0 Å². The van der Waals surface area contributed by atoms with Gasteiger partial charge in [-0.1, -0.05) is 0 Å². The van der Waals surface area contributed by atoms with E-state index in [0.717, 1.165) is 0 Å². The molecule has 0 spiro atoms. The molecule has 3 nitrogen and oxygen atoms in total. The Hall–Kier alpha value is 0.776. The van der Waals surface area contributed by atoms with Gasteiger partial charge < -0.3 is 10.2 Å². The van der Waals surface area contributed by atoms with Crippen molar-refractivity contribution in [2.45, 2.75) is 0 Å². The van der Waals surface area contributed by atoms with E-state index >= 15 is 0 Å². The monoisotopic (exact) mass is 285 g/mol. The first-order valence-corrected chi connectivity index (χ1v) is 0.651. The Balaban J connectivity index is -0.0000000450. The molecule has 0 bridgehead atoms. The van der Waals surface area contributed by atoms with Gasteiger partial charge in [0.2, 0.25) is 0 Å². The second kappa shape index (κ2) is 9.24. The van der Waals surface area contributed by atoms with Crippen LogP contribution in [-0.2, 0) is 22.4 Å². The van der Waals surface area contributed by atoms with Crippen molar-refractivity contribution >= 4 is 29.2 Å². The molecule has 0 saturated carbocycles. The zero-order valence-electron chi connectivity index (χ0n) is 2.10. The minimum Gasteiger partial charge on any atom is -0.450 e. The standard InChI is InChI=1S/CH2O3.Au.Mg.2H/c2-1(3)4;;;;/h(H2,2,3,4);;;;. The molecule has 0 aromatic rings. The summed E-state index contributed by atoms with van der Waals surface area (Å²) >= 11 is 0. The largest absolute Gasteiger partial charge is 0.503 e. The summed E-state index contributed by atoms with van der Waals surface area (Å²) in [5.74, 6) is 0. The molecular formula is CH4AuMgO3. The second-order valence-corrected chi connectivity index (χ2v) is 0.283. The van der Waals surface area contributed by atoms with Gasteiger partial charge in [-0.25, -0.2) is 4.79 Å². The first kappa shape index (κ1) is 15.9. The van der Waals surface area contributed by atoms with Crippen molar-refractivity contribution in [3.8, 4) is 0 Å². The molecule has 0 heterocycles. The van der Waals surface area contributed by atoms with Crippen molar-refractivity contribution in [2.24, 2.45) is 0 Å². The third kappa shape index (κ3) is 113. The fraction of sp³-hybridized carbons (Fsp3) is 0. The molecule has 5 heteroatoms. The molecule has 2 N–H and O–H groups in total. The summed E-state index contributed by atoms with van der Waals surface area (Å²) in [6.07, 6.45) is -1.83. The first-order chi connectivity index (χ1) is 1.73. The molecule has 0 aromatic carbocycles. The number of carbonyl (C=O) groups is 1. The van der Waals surface area contributed by atoms with Crippen LogP contribution in [0.3, 0.4) is 0 Å². The molecule has 6 heavy (non-hydrogen) atoms. The van der Waals surface area contributed by atoms with Crippen LogP contribution >= 0.6 is 0 Å². The molecule has 0 fully saturated rings. The van der Waals surface area contributed by atoms with Crippen LogP contribution in [-0.4, -0.2) is 39.4 Å². The Morgan fingerprint density at radius 3 is 1.33 bits per heavy atom. The molecule has 39 valence electrons. The van der Waals surface area contributed by atoms with Crippen LogP contribution in [0.2, 0.25) is 0 Å². The Morgan fingerprint density at radius 1 is 1.33 bits per heavy atom. The SMILES string of the molecule is O=C(O)O.[Au].[MgH2]. The molecule has 0 unspecified atom stereocenters. The normalized spacial score (nSPS) is 4.00. The quantitative estimate of drug-likeness (QED) is 0.579. The van der Waals surface area contributed by atoms with E-state index in [1.165, 1.54) is 0 Å². The maximum atomic E-state index is 8.56. The minimum absolute atomic E-state index is 0. The van der Waals surface area contributed by atoms with Gasteiger partial charge >= 0.3 is 29.2 Å². The van der Waals surface area contributed by atoms with E-state index in [0.29, 0.717) is 0 Å². The molecule has 1 radical (unpaired) electrons. The number of hydrogen-bond donors (Lipinski definition) is 2. The smallest absolute Gasteiger partial charge is 0.450 e. The van der Waals surface area contributed by atoms with Gasteiger partial charge in [-0.05, 0) is 0 Å². The molecule has 0 aliphatic heterocycles. The summed E-state index contributed by atoms with van der Waals surface area (Å²) in [6, 6.07) is 0. The van der Waals surface area contributed by atoms with E-state index in [1.54, 1.807) is 0 Å². The molecule has 0 saturated heterocycles. The molecule has 0 rings (SSSR count). The van der Waals surface area contributed by atoms with E-state index in [-0.39, 0.29) is 45.4 Å². The van der Waals surface area contributed by atoms with Crippen LogP contribution in [0.4, 0.5) is 4.79 Å². The number of carboxylic acid groups (broad SMARTS) is 2. The van der Waals surface area contributed by atoms with Gasteiger partial charge in [0.05, 0.1) is 0 Å². The van der Waals surface area contributed by atoms with Crippen LogP contribution in [0.25, 0.3) is 0 Å². The third-order valence-electron chi connectivity index (χ3n) is 0. The van der Waals surface area contributed by atoms with Gasteiger partial charge in [0.1, 0.15) is 0 Å². The fourth-order valence-electron chi connectivity index (χ4n) is 0. The maximum absolute atomic E-state index is 8.56. The molecule has 0 aliphatic rings. The van der Waals surface area contributed by atoms with E-state index in [9.17, 15) is 0 Å². The third-order valence-corrected chi connectivity index (χ3v) is 0. The average molecular weight is 285 g/mol. The van der Waals surface area contributed by atoms with Crippen molar-refractivity contribution in [3.63, 3.8) is 0 Å². The minimum atomic E-state index is -1.83. The summed E-state index contributed by atoms with van der Waals surface area (Å²) in [5, 5.41) is 13.9. The summed E-state index contributed by atoms with van der Waals surface area (Å²) in [7, 11) is 0. The first-order valence-electron chi connectivity index (χ1n) is 0.651. The molecule has 0 aromatic heterocycles. The van der Waals surface area contributed by atoms with Gasteiger partial charge in [-0.3, -0.25) is 0 Å². The van der Waals surface area contributed by atoms with Crippen molar-refractivity contribution < 1.29 is 37.4 Å². The molecule has 0 amide bonds. The van der Waals surface area contributed by atoms with Gasteiger partial charge in [0, 0.05) is 22.4 Å². The number of hydrogen-bond acceptors (Lipinski definition) is 1. The van der Waals surface area contributed by atoms with Gasteiger partial charge in [-0.15, -0.1) is 0 Å². The Kier molecular flexibility index (Phi) is 24.4. The zero-order chi connectivity index (χ0) is 3.58. The van der Waals surface area contributed by atoms with Crippen LogP contribution in [0.15, 0.2) is 0 Å². The zero-order valence-corrected chi connectivity index (χ0v) is 4.27. The van der Waals surface area contributed by atoms with E-state index < -0.39 is 6.16 Å². The number of rotatable bonds is 0. The van der Waals surface area contributed by atoms with E-state index in [2.05, 4.69) is 0 Å². The fourth-order valence-corrected chi connectivity index (χ4v) is 0. The van der Waals surface area contributed by atoms with Crippen LogP contribution in [0.1, 0.15) is 0 Å².